The number of sulfonamides is 1. The van der Waals surface area contributed by atoms with Gasteiger partial charge in [0.25, 0.3) is 0 Å². The third kappa shape index (κ3) is 4.98. The van der Waals surface area contributed by atoms with E-state index in [9.17, 15) is 26.8 Å². The molecule has 144 valence electrons. The predicted octanol–water partition coefficient (Wildman–Crippen LogP) is 1.44. The van der Waals surface area contributed by atoms with Crippen LogP contribution in [-0.2, 0) is 19.6 Å². The number of benzene rings is 1. The van der Waals surface area contributed by atoms with E-state index in [1.54, 1.807) is 0 Å². The molecule has 1 aromatic rings. The Balaban J connectivity index is 1.91. The zero-order chi connectivity index (χ0) is 19.3. The molecule has 26 heavy (non-hydrogen) atoms. The maximum atomic E-state index is 13.8. The average Bonchev–Trinajstić information content (AvgIpc) is 2.58. The fourth-order valence-electron chi connectivity index (χ4n) is 2.71. The highest BCUT2D eigenvalue weighted by Crippen LogP contribution is 2.21. The molecule has 1 saturated heterocycles. The van der Waals surface area contributed by atoms with Crippen molar-refractivity contribution in [1.29, 1.82) is 0 Å². The second-order valence-corrected chi connectivity index (χ2v) is 7.87. The molecule has 0 atom stereocenters. The number of carbonyl (C=O) groups is 2. The van der Waals surface area contributed by atoms with E-state index < -0.39 is 32.5 Å². The normalized spacial score (nSPS) is 15.8. The number of piperazine rings is 1. The van der Waals surface area contributed by atoms with E-state index in [4.69, 9.17) is 5.11 Å². The van der Waals surface area contributed by atoms with E-state index in [1.807, 2.05) is 0 Å². The van der Waals surface area contributed by atoms with Gasteiger partial charge in [-0.1, -0.05) is 0 Å². The number of hydrogen-bond acceptors (Lipinski definition) is 4. The first-order chi connectivity index (χ1) is 12.2. The van der Waals surface area contributed by atoms with Crippen LogP contribution in [0.5, 0.6) is 0 Å². The van der Waals surface area contributed by atoms with Crippen LogP contribution in [0.2, 0.25) is 0 Å². The summed E-state index contributed by atoms with van der Waals surface area (Å²) in [4.78, 5) is 23.4. The summed E-state index contributed by atoms with van der Waals surface area (Å²) in [5.74, 6) is -3.09. The molecule has 0 aromatic heterocycles. The number of carboxylic acids is 1. The summed E-state index contributed by atoms with van der Waals surface area (Å²) in [6.45, 7) is 0.361. The Morgan fingerprint density at radius 2 is 1.65 bits per heavy atom. The molecule has 10 heteroatoms. The summed E-state index contributed by atoms with van der Waals surface area (Å²) in [6.07, 6.45) is 1.05. The maximum Gasteiger partial charge on any atom is 0.303 e. The molecule has 1 aliphatic rings. The standard InChI is InChI=1S/C16H20F2N2O5S/c17-12-5-6-14(13(18)11-12)26(24,25)20-9-7-19(8-10-20)15(21)3-1-2-4-16(22)23/h5-6,11H,1-4,7-10H2,(H,22,23). The largest absolute Gasteiger partial charge is 0.481 e. The molecule has 1 aromatic carbocycles. The molecule has 0 spiro atoms. The molecule has 1 fully saturated rings. The van der Waals surface area contributed by atoms with E-state index in [0.717, 1.165) is 16.4 Å². The fraction of sp³-hybridized carbons (Fsp3) is 0.500. The van der Waals surface area contributed by atoms with Gasteiger partial charge in [0.2, 0.25) is 15.9 Å². The monoisotopic (exact) mass is 390 g/mol. The molecular weight excluding hydrogens is 370 g/mol. The van der Waals surface area contributed by atoms with Gasteiger partial charge in [-0.2, -0.15) is 4.31 Å². The highest BCUT2D eigenvalue weighted by Gasteiger charge is 2.31. The molecule has 1 heterocycles. The lowest BCUT2D eigenvalue weighted by molar-refractivity contribution is -0.137. The van der Waals surface area contributed by atoms with Gasteiger partial charge in [-0.25, -0.2) is 17.2 Å². The minimum absolute atomic E-state index is 0.00252. The van der Waals surface area contributed by atoms with Crippen LogP contribution >= 0.6 is 0 Å². The summed E-state index contributed by atoms with van der Waals surface area (Å²) in [6, 6.07) is 2.29. The Bertz CT molecular complexity index is 777. The van der Waals surface area contributed by atoms with Crippen LogP contribution in [0.15, 0.2) is 23.1 Å². The molecule has 0 radical (unpaired) electrons. The number of amides is 1. The van der Waals surface area contributed by atoms with Crippen LogP contribution in [0.25, 0.3) is 0 Å². The van der Waals surface area contributed by atoms with Gasteiger partial charge in [-0.05, 0) is 25.0 Å². The number of hydrogen-bond donors (Lipinski definition) is 1. The minimum atomic E-state index is -4.10. The Kier molecular flexibility index (Phi) is 6.65. The Hall–Kier alpha value is -2.07. The third-order valence-electron chi connectivity index (χ3n) is 4.13. The smallest absolute Gasteiger partial charge is 0.303 e. The SMILES string of the molecule is O=C(O)CCCCC(=O)N1CCN(S(=O)(=O)c2ccc(F)cc2F)CC1. The van der Waals surface area contributed by atoms with Crippen LogP contribution in [0.4, 0.5) is 8.78 Å². The molecule has 1 amide bonds. The van der Waals surface area contributed by atoms with Crippen molar-refractivity contribution < 1.29 is 31.9 Å². The maximum absolute atomic E-state index is 13.8. The first-order valence-electron chi connectivity index (χ1n) is 8.16. The molecule has 0 saturated carbocycles. The molecule has 0 bridgehead atoms. The number of aliphatic carboxylic acids is 1. The van der Waals surface area contributed by atoms with E-state index in [1.165, 1.54) is 4.90 Å². The Morgan fingerprint density at radius 1 is 1.04 bits per heavy atom. The van der Waals surface area contributed by atoms with E-state index in [2.05, 4.69) is 0 Å². The minimum Gasteiger partial charge on any atom is -0.481 e. The zero-order valence-electron chi connectivity index (χ0n) is 14.0. The van der Waals surface area contributed by atoms with E-state index in [-0.39, 0.29) is 44.9 Å². The highest BCUT2D eigenvalue weighted by atomic mass is 32.2. The van der Waals surface area contributed by atoms with Crippen LogP contribution in [0.3, 0.4) is 0 Å². The first kappa shape index (κ1) is 20.2. The Labute approximate surface area is 150 Å². The van der Waals surface area contributed by atoms with Crippen molar-refractivity contribution in [2.24, 2.45) is 0 Å². The summed E-state index contributed by atoms with van der Waals surface area (Å²) < 4.78 is 52.8. The van der Waals surface area contributed by atoms with Gasteiger partial charge in [0, 0.05) is 45.1 Å². The van der Waals surface area contributed by atoms with Crippen molar-refractivity contribution in [3.63, 3.8) is 0 Å². The third-order valence-corrected chi connectivity index (χ3v) is 6.07. The number of carbonyl (C=O) groups excluding carboxylic acids is 1. The van der Waals surface area contributed by atoms with Gasteiger partial charge in [-0.3, -0.25) is 9.59 Å². The summed E-state index contributed by atoms with van der Waals surface area (Å²) in [5.41, 5.74) is 0. The van der Waals surface area contributed by atoms with Gasteiger partial charge in [0.1, 0.15) is 16.5 Å². The lowest BCUT2D eigenvalue weighted by atomic mass is 10.1. The molecule has 0 aliphatic carbocycles. The molecule has 7 nitrogen and oxygen atoms in total. The van der Waals surface area contributed by atoms with Gasteiger partial charge < -0.3 is 10.0 Å². The second kappa shape index (κ2) is 8.54. The first-order valence-corrected chi connectivity index (χ1v) is 9.60. The summed E-state index contributed by atoms with van der Waals surface area (Å²) in [5, 5.41) is 8.56. The van der Waals surface area contributed by atoms with E-state index in [0.29, 0.717) is 18.9 Å². The zero-order valence-corrected chi connectivity index (χ0v) is 14.8. The average molecular weight is 390 g/mol. The van der Waals surface area contributed by atoms with Crippen LogP contribution < -0.4 is 0 Å². The van der Waals surface area contributed by atoms with Crippen LogP contribution in [0.1, 0.15) is 25.7 Å². The van der Waals surface area contributed by atoms with Gasteiger partial charge in [0.05, 0.1) is 0 Å². The van der Waals surface area contributed by atoms with Crippen molar-refractivity contribution in [2.75, 3.05) is 26.2 Å². The second-order valence-electron chi connectivity index (χ2n) is 5.96. The van der Waals surface area contributed by atoms with Crippen molar-refractivity contribution in [3.8, 4) is 0 Å². The predicted molar refractivity (Wildman–Crippen MR) is 87.8 cm³/mol. The molecular formula is C16H20F2N2O5S. The van der Waals surface area contributed by atoms with Gasteiger partial charge in [0.15, 0.2) is 0 Å². The number of unbranched alkanes of at least 4 members (excludes halogenated alkanes) is 1. The molecule has 2 rings (SSSR count). The molecule has 0 unspecified atom stereocenters. The number of carboxylic acid groups (broad SMARTS) is 1. The highest BCUT2D eigenvalue weighted by molar-refractivity contribution is 7.89. The van der Waals surface area contributed by atoms with Gasteiger partial charge >= 0.3 is 5.97 Å². The summed E-state index contributed by atoms with van der Waals surface area (Å²) in [7, 11) is -4.10. The quantitative estimate of drug-likeness (QED) is 0.711. The molecule has 1 aliphatic heterocycles. The van der Waals surface area contributed by atoms with Crippen LogP contribution in [0, 0.1) is 11.6 Å². The fourth-order valence-corrected chi connectivity index (χ4v) is 4.18. The topological polar surface area (TPSA) is 95.0 Å². The van der Waals surface area contributed by atoms with Gasteiger partial charge in [-0.15, -0.1) is 0 Å². The van der Waals surface area contributed by atoms with Crippen LogP contribution in [-0.4, -0.2) is 60.8 Å². The molecule has 1 N–H and O–H groups in total. The van der Waals surface area contributed by atoms with Crippen molar-refractivity contribution in [3.05, 3.63) is 29.8 Å². The number of rotatable bonds is 7. The van der Waals surface area contributed by atoms with E-state index >= 15 is 0 Å². The van der Waals surface area contributed by atoms with Crippen molar-refractivity contribution in [1.82, 2.24) is 9.21 Å². The lowest BCUT2D eigenvalue weighted by Gasteiger charge is -2.34. The Morgan fingerprint density at radius 3 is 2.23 bits per heavy atom. The van der Waals surface area contributed by atoms with Crippen molar-refractivity contribution in [2.45, 2.75) is 30.6 Å². The lowest BCUT2D eigenvalue weighted by Crippen LogP contribution is -2.50. The number of nitrogens with zero attached hydrogens (tertiary/aromatic N) is 2. The van der Waals surface area contributed by atoms with Crippen molar-refractivity contribution >= 4 is 21.9 Å². The summed E-state index contributed by atoms with van der Waals surface area (Å²) >= 11 is 0. The number of halogens is 2.